The van der Waals surface area contributed by atoms with Crippen LogP contribution < -0.4 is 10.6 Å². The minimum Gasteiger partial charge on any atom is -0.382 e. The molecule has 33 heavy (non-hydrogen) atoms. The average molecular weight is 467 g/mol. The standard InChI is InChI=1S/C24H23FN4O3S/c1-15(30)26-11-3-4-16-7-9-17(10-8-16)21-14-33-24(27-21)28-23(31)22-13-20(29-32-22)18-5-2-6-19(25)12-18/h2,5-10,12,14,22H,3-4,11,13H2,1H3,(H,26,30)(H,27,28,31). The second kappa shape index (κ2) is 10.4. The summed E-state index contributed by atoms with van der Waals surface area (Å²) in [5.41, 5.74) is 4.03. The topological polar surface area (TPSA) is 92.7 Å². The number of oxime groups is 1. The number of aromatic nitrogens is 1. The molecule has 4 rings (SSSR count). The molecule has 1 unspecified atom stereocenters. The zero-order valence-electron chi connectivity index (χ0n) is 18.0. The van der Waals surface area contributed by atoms with Gasteiger partial charge in [0, 0.05) is 36.4 Å². The number of rotatable bonds is 8. The van der Waals surface area contributed by atoms with Crippen LogP contribution in [0.15, 0.2) is 59.1 Å². The third kappa shape index (κ3) is 6.01. The van der Waals surface area contributed by atoms with E-state index in [2.05, 4.69) is 20.8 Å². The van der Waals surface area contributed by atoms with Gasteiger partial charge in [0.15, 0.2) is 5.13 Å². The van der Waals surface area contributed by atoms with Crippen LogP contribution in [0, 0.1) is 5.82 Å². The van der Waals surface area contributed by atoms with Gasteiger partial charge in [-0.1, -0.05) is 41.6 Å². The van der Waals surface area contributed by atoms with Crippen LogP contribution in [0.1, 0.15) is 30.9 Å². The van der Waals surface area contributed by atoms with E-state index in [4.69, 9.17) is 4.84 Å². The molecule has 0 spiro atoms. The summed E-state index contributed by atoms with van der Waals surface area (Å²) < 4.78 is 13.4. The SMILES string of the molecule is CC(=O)NCCCc1ccc(-c2csc(NC(=O)C3CC(c4cccc(F)c4)=NO3)n2)cc1. The molecule has 2 N–H and O–H groups in total. The first-order valence-corrected chi connectivity index (χ1v) is 11.4. The molecule has 2 amide bonds. The highest BCUT2D eigenvalue weighted by molar-refractivity contribution is 7.14. The van der Waals surface area contributed by atoms with Gasteiger partial charge in [0.1, 0.15) is 5.82 Å². The Labute approximate surface area is 194 Å². The summed E-state index contributed by atoms with van der Waals surface area (Å²) in [6, 6.07) is 14.1. The number of halogens is 1. The van der Waals surface area contributed by atoms with E-state index in [0.29, 0.717) is 23.0 Å². The highest BCUT2D eigenvalue weighted by Gasteiger charge is 2.29. The molecule has 7 nitrogen and oxygen atoms in total. The maximum atomic E-state index is 13.4. The number of amides is 2. The largest absolute Gasteiger partial charge is 0.382 e. The fraction of sp³-hybridized carbons (Fsp3) is 0.250. The average Bonchev–Trinajstić information content (AvgIpc) is 3.47. The Hall–Kier alpha value is -3.59. The van der Waals surface area contributed by atoms with E-state index in [9.17, 15) is 14.0 Å². The molecule has 0 aliphatic carbocycles. The Morgan fingerprint density at radius 3 is 2.76 bits per heavy atom. The molecule has 2 aromatic carbocycles. The second-order valence-corrected chi connectivity index (χ2v) is 8.52. The zero-order chi connectivity index (χ0) is 23.2. The number of benzene rings is 2. The quantitative estimate of drug-likeness (QED) is 0.488. The van der Waals surface area contributed by atoms with Crippen LogP contribution in [0.2, 0.25) is 0 Å². The van der Waals surface area contributed by atoms with Gasteiger partial charge in [-0.2, -0.15) is 0 Å². The van der Waals surface area contributed by atoms with Crippen LogP contribution in [0.3, 0.4) is 0 Å². The lowest BCUT2D eigenvalue weighted by molar-refractivity contribution is -0.125. The molecule has 1 atom stereocenters. The van der Waals surface area contributed by atoms with Gasteiger partial charge in [-0.3, -0.25) is 14.9 Å². The van der Waals surface area contributed by atoms with E-state index in [1.54, 1.807) is 12.1 Å². The molecule has 3 aromatic rings. The number of nitrogens with zero attached hydrogens (tertiary/aromatic N) is 2. The number of hydrogen-bond donors (Lipinski definition) is 2. The normalized spacial score (nSPS) is 15.0. The number of carbonyl (C=O) groups excluding carboxylic acids is 2. The number of hydrogen-bond acceptors (Lipinski definition) is 6. The van der Waals surface area contributed by atoms with Crippen LogP contribution >= 0.6 is 11.3 Å². The number of carbonyl (C=O) groups is 2. The Morgan fingerprint density at radius 1 is 1.18 bits per heavy atom. The molecule has 9 heteroatoms. The van der Waals surface area contributed by atoms with Crippen molar-refractivity contribution in [2.75, 3.05) is 11.9 Å². The highest BCUT2D eigenvalue weighted by Crippen LogP contribution is 2.26. The molecule has 0 radical (unpaired) electrons. The molecule has 1 aliphatic heterocycles. The fourth-order valence-corrected chi connectivity index (χ4v) is 4.13. The molecule has 0 saturated carbocycles. The van der Waals surface area contributed by atoms with Crippen molar-refractivity contribution in [3.63, 3.8) is 0 Å². The summed E-state index contributed by atoms with van der Waals surface area (Å²) >= 11 is 1.33. The number of anilines is 1. The molecule has 2 heterocycles. The van der Waals surface area contributed by atoms with Crippen LogP contribution in [0.25, 0.3) is 11.3 Å². The molecule has 1 aromatic heterocycles. The second-order valence-electron chi connectivity index (χ2n) is 7.66. The van der Waals surface area contributed by atoms with E-state index in [0.717, 1.165) is 24.1 Å². The number of nitrogens with one attached hydrogen (secondary N) is 2. The Morgan fingerprint density at radius 2 is 2.00 bits per heavy atom. The fourth-order valence-electron chi connectivity index (χ4n) is 3.41. The molecule has 170 valence electrons. The summed E-state index contributed by atoms with van der Waals surface area (Å²) in [5, 5.41) is 11.9. The predicted octanol–water partition coefficient (Wildman–Crippen LogP) is 4.15. The van der Waals surface area contributed by atoms with Crippen LogP contribution in [-0.4, -0.2) is 35.2 Å². The predicted molar refractivity (Wildman–Crippen MR) is 126 cm³/mol. The van der Waals surface area contributed by atoms with Gasteiger partial charge < -0.3 is 10.2 Å². The molecular weight excluding hydrogens is 443 g/mol. The Balaban J connectivity index is 1.30. The molecule has 1 aliphatic rings. The van der Waals surface area contributed by atoms with Gasteiger partial charge in [0.05, 0.1) is 11.4 Å². The molecular formula is C24H23FN4O3S. The van der Waals surface area contributed by atoms with Gasteiger partial charge >= 0.3 is 0 Å². The van der Waals surface area contributed by atoms with Crippen LogP contribution in [-0.2, 0) is 20.8 Å². The van der Waals surface area contributed by atoms with Crippen molar-refractivity contribution in [2.45, 2.75) is 32.3 Å². The van der Waals surface area contributed by atoms with E-state index in [1.165, 1.54) is 36.0 Å². The van der Waals surface area contributed by atoms with Crippen molar-refractivity contribution in [1.29, 1.82) is 0 Å². The monoisotopic (exact) mass is 466 g/mol. The van der Waals surface area contributed by atoms with Crippen molar-refractivity contribution in [1.82, 2.24) is 10.3 Å². The molecule has 0 saturated heterocycles. The van der Waals surface area contributed by atoms with Gasteiger partial charge in [-0.05, 0) is 30.5 Å². The summed E-state index contributed by atoms with van der Waals surface area (Å²) in [6.45, 7) is 2.17. The zero-order valence-corrected chi connectivity index (χ0v) is 18.8. The van der Waals surface area contributed by atoms with Gasteiger partial charge in [0.2, 0.25) is 12.0 Å². The number of thiazole rings is 1. The summed E-state index contributed by atoms with van der Waals surface area (Å²) in [7, 11) is 0. The lowest BCUT2D eigenvalue weighted by Gasteiger charge is -2.07. The van der Waals surface area contributed by atoms with E-state index in [-0.39, 0.29) is 24.1 Å². The first-order chi connectivity index (χ1) is 16.0. The van der Waals surface area contributed by atoms with Crippen molar-refractivity contribution in [3.8, 4) is 11.3 Å². The van der Waals surface area contributed by atoms with Crippen molar-refractivity contribution >= 4 is 34.0 Å². The van der Waals surface area contributed by atoms with Crippen LogP contribution in [0.4, 0.5) is 9.52 Å². The lowest BCUT2D eigenvalue weighted by atomic mass is 10.0. The minimum atomic E-state index is -0.785. The molecule has 0 bridgehead atoms. The Bertz CT molecular complexity index is 1180. The van der Waals surface area contributed by atoms with Gasteiger partial charge in [-0.25, -0.2) is 9.37 Å². The third-order valence-corrected chi connectivity index (χ3v) is 5.88. The maximum Gasteiger partial charge on any atom is 0.270 e. The first-order valence-electron chi connectivity index (χ1n) is 10.6. The summed E-state index contributed by atoms with van der Waals surface area (Å²) in [4.78, 5) is 33.3. The van der Waals surface area contributed by atoms with E-state index >= 15 is 0 Å². The smallest absolute Gasteiger partial charge is 0.270 e. The number of aryl methyl sites for hydroxylation is 1. The Kier molecular flexibility index (Phi) is 7.09. The lowest BCUT2D eigenvalue weighted by Crippen LogP contribution is -2.28. The molecule has 0 fully saturated rings. The van der Waals surface area contributed by atoms with Crippen molar-refractivity contribution < 1.29 is 18.8 Å². The maximum absolute atomic E-state index is 13.4. The van der Waals surface area contributed by atoms with Crippen molar-refractivity contribution in [3.05, 3.63) is 70.9 Å². The van der Waals surface area contributed by atoms with Crippen LogP contribution in [0.5, 0.6) is 0 Å². The van der Waals surface area contributed by atoms with E-state index in [1.807, 2.05) is 29.6 Å². The van der Waals surface area contributed by atoms with E-state index < -0.39 is 6.10 Å². The van der Waals surface area contributed by atoms with Gasteiger partial charge in [0.25, 0.3) is 5.91 Å². The first kappa shape index (κ1) is 22.6. The van der Waals surface area contributed by atoms with Gasteiger partial charge in [-0.15, -0.1) is 11.3 Å². The summed E-state index contributed by atoms with van der Waals surface area (Å²) in [5.74, 6) is -0.729. The highest BCUT2D eigenvalue weighted by atomic mass is 32.1. The third-order valence-electron chi connectivity index (χ3n) is 5.12. The van der Waals surface area contributed by atoms with Crippen molar-refractivity contribution in [2.24, 2.45) is 5.16 Å². The summed E-state index contributed by atoms with van der Waals surface area (Å²) in [6.07, 6.45) is 1.23. The minimum absolute atomic E-state index is 0.0178.